The van der Waals surface area contributed by atoms with Crippen molar-refractivity contribution in [3.8, 4) is 0 Å². The molecule has 1 N–H and O–H groups in total. The van der Waals surface area contributed by atoms with Crippen molar-refractivity contribution in [1.82, 2.24) is 9.80 Å². The van der Waals surface area contributed by atoms with Crippen LogP contribution in [-0.4, -0.2) is 78.5 Å². The summed E-state index contributed by atoms with van der Waals surface area (Å²) in [6.07, 6.45) is 2.80. The maximum absolute atomic E-state index is 12.5. The van der Waals surface area contributed by atoms with E-state index in [4.69, 9.17) is 0 Å². The molecule has 1 aromatic rings. The summed E-state index contributed by atoms with van der Waals surface area (Å²) in [6, 6.07) is 6.32. The zero-order chi connectivity index (χ0) is 19.7. The molecule has 28 heavy (non-hydrogen) atoms. The van der Waals surface area contributed by atoms with Gasteiger partial charge in [0.05, 0.1) is 44.2 Å². The van der Waals surface area contributed by atoms with E-state index >= 15 is 0 Å². The molecule has 3 fully saturated rings. The summed E-state index contributed by atoms with van der Waals surface area (Å²) < 4.78 is 0. The van der Waals surface area contributed by atoms with Gasteiger partial charge in [0.15, 0.2) is 0 Å². The van der Waals surface area contributed by atoms with Gasteiger partial charge >= 0.3 is 6.03 Å². The van der Waals surface area contributed by atoms with Crippen molar-refractivity contribution < 1.29 is 19.4 Å². The Morgan fingerprint density at radius 2 is 1.79 bits per heavy atom. The molecule has 1 aromatic carbocycles. The summed E-state index contributed by atoms with van der Waals surface area (Å²) in [7, 11) is 0. The number of quaternary nitrogens is 1. The fraction of sp³-hybridized carbons (Fsp3) is 0.579. The maximum atomic E-state index is 12.5. The monoisotopic (exact) mass is 388 g/mol. The Bertz CT molecular complexity index is 736. The third kappa shape index (κ3) is 3.54. The number of imide groups is 1. The van der Waals surface area contributed by atoms with Crippen molar-refractivity contribution >= 4 is 23.3 Å². The highest BCUT2D eigenvalue weighted by atomic mass is 16.6. The third-order valence-electron chi connectivity index (χ3n) is 6.12. The molecule has 0 spiro atoms. The van der Waals surface area contributed by atoms with E-state index in [1.165, 1.54) is 21.9 Å². The van der Waals surface area contributed by atoms with Crippen LogP contribution in [0, 0.1) is 10.1 Å². The molecule has 0 bridgehead atoms. The molecule has 9 heteroatoms. The van der Waals surface area contributed by atoms with E-state index in [1.54, 1.807) is 17.0 Å². The fourth-order valence-corrected chi connectivity index (χ4v) is 4.44. The van der Waals surface area contributed by atoms with Crippen LogP contribution in [0.5, 0.6) is 0 Å². The van der Waals surface area contributed by atoms with E-state index in [0.29, 0.717) is 13.1 Å². The number of hydrogen-bond acceptors (Lipinski definition) is 5. The highest BCUT2D eigenvalue weighted by Gasteiger charge is 2.45. The number of rotatable bonds is 5. The van der Waals surface area contributed by atoms with Gasteiger partial charge in [-0.05, 0) is 31.4 Å². The van der Waals surface area contributed by atoms with Crippen LogP contribution >= 0.6 is 0 Å². The number of carbonyl (C=O) groups excluding carboxylic acids is 2. The number of nitrogens with one attached hydrogen (secondary N) is 1. The van der Waals surface area contributed by atoms with Gasteiger partial charge in [-0.25, -0.2) is 4.79 Å². The first kappa shape index (κ1) is 18.7. The lowest BCUT2D eigenvalue weighted by Gasteiger charge is -2.34. The number of hydrogen-bond donors (Lipinski definition) is 1. The second-order valence-corrected chi connectivity index (χ2v) is 7.74. The lowest BCUT2D eigenvalue weighted by atomic mass is 10.0. The number of fused-ring (bicyclic) bond motifs is 1. The third-order valence-corrected chi connectivity index (χ3v) is 6.12. The number of nitrogens with zero attached hydrogens (tertiary/aromatic N) is 4. The van der Waals surface area contributed by atoms with Crippen LogP contribution in [-0.2, 0) is 4.79 Å². The predicted molar refractivity (Wildman–Crippen MR) is 102 cm³/mol. The van der Waals surface area contributed by atoms with E-state index in [0.717, 1.165) is 57.7 Å². The first-order chi connectivity index (χ1) is 13.5. The smallest absolute Gasteiger partial charge is 0.327 e. The molecule has 3 aliphatic rings. The minimum Gasteiger partial charge on any atom is -0.360 e. The van der Waals surface area contributed by atoms with Crippen molar-refractivity contribution in [3.05, 3.63) is 34.4 Å². The molecule has 150 valence electrons. The van der Waals surface area contributed by atoms with Gasteiger partial charge in [-0.2, -0.15) is 0 Å². The number of amides is 3. The van der Waals surface area contributed by atoms with Crippen LogP contribution in [0.2, 0.25) is 0 Å². The Labute approximate surface area is 163 Å². The standard InChI is InChI=1S/C19H25N5O4/c25-18-17-3-1-2-8-22(17)19(26)23(18)14-11-20-9-12-21(13-10-20)15-4-6-16(7-5-15)24(27)28/h4-7,17H,1-3,8-14H2/p+1/t17-/m1/s1. The molecule has 1 atom stereocenters. The molecule has 3 saturated heterocycles. The quantitative estimate of drug-likeness (QED) is 0.439. The molecule has 3 heterocycles. The number of urea groups is 1. The van der Waals surface area contributed by atoms with Crippen LogP contribution in [0.1, 0.15) is 19.3 Å². The molecular formula is C19H26N5O4+. The van der Waals surface area contributed by atoms with E-state index in [9.17, 15) is 19.7 Å². The summed E-state index contributed by atoms with van der Waals surface area (Å²) in [5.74, 6) is -0.0198. The SMILES string of the molecule is O=C1[C@H]2CCCCN2C(=O)N1CC[NH+]1CCN(c2ccc([N+](=O)[O-])cc2)CC1. The van der Waals surface area contributed by atoms with Crippen LogP contribution in [0.25, 0.3) is 0 Å². The number of carbonyl (C=O) groups is 2. The Morgan fingerprint density at radius 3 is 2.43 bits per heavy atom. The van der Waals surface area contributed by atoms with E-state index in [-0.39, 0.29) is 28.6 Å². The highest BCUT2D eigenvalue weighted by Crippen LogP contribution is 2.26. The second-order valence-electron chi connectivity index (χ2n) is 7.74. The van der Waals surface area contributed by atoms with Crippen LogP contribution in [0.4, 0.5) is 16.2 Å². The second kappa shape index (κ2) is 7.75. The van der Waals surface area contributed by atoms with Gasteiger partial charge in [0.25, 0.3) is 11.6 Å². The molecule has 0 saturated carbocycles. The number of benzene rings is 1. The molecule has 0 radical (unpaired) electrons. The normalized spacial score (nSPS) is 23.3. The molecule has 4 rings (SSSR count). The topological polar surface area (TPSA) is 91.4 Å². The zero-order valence-electron chi connectivity index (χ0n) is 15.9. The zero-order valence-corrected chi connectivity index (χ0v) is 15.9. The van der Waals surface area contributed by atoms with E-state index < -0.39 is 0 Å². The number of anilines is 1. The lowest BCUT2D eigenvalue weighted by Crippen LogP contribution is -3.15. The molecule has 3 aliphatic heterocycles. The van der Waals surface area contributed by atoms with Gasteiger partial charge in [-0.1, -0.05) is 0 Å². The summed E-state index contributed by atoms with van der Waals surface area (Å²) >= 11 is 0. The molecule has 0 unspecified atom stereocenters. The van der Waals surface area contributed by atoms with Crippen molar-refractivity contribution in [2.24, 2.45) is 0 Å². The first-order valence-corrected chi connectivity index (χ1v) is 9.99. The van der Waals surface area contributed by atoms with Crippen molar-refractivity contribution in [2.75, 3.05) is 50.7 Å². The molecule has 0 aromatic heterocycles. The Hall–Kier alpha value is -2.68. The van der Waals surface area contributed by atoms with Gasteiger partial charge in [-0.15, -0.1) is 0 Å². The number of nitro groups is 1. The summed E-state index contributed by atoms with van der Waals surface area (Å²) in [4.78, 5) is 42.2. The highest BCUT2D eigenvalue weighted by molar-refractivity contribution is 6.04. The minimum absolute atomic E-state index is 0.0198. The number of nitro benzene ring substituents is 1. The average molecular weight is 388 g/mol. The molecule has 0 aliphatic carbocycles. The summed E-state index contributed by atoms with van der Waals surface area (Å²) in [6.45, 7) is 5.49. The average Bonchev–Trinajstić information content (AvgIpc) is 2.97. The summed E-state index contributed by atoms with van der Waals surface area (Å²) in [5.41, 5.74) is 1.09. The van der Waals surface area contributed by atoms with Crippen molar-refractivity contribution in [2.45, 2.75) is 25.3 Å². The number of piperazine rings is 1. The number of piperidine rings is 1. The Balaban J connectivity index is 1.27. The van der Waals surface area contributed by atoms with Crippen LogP contribution < -0.4 is 9.80 Å². The van der Waals surface area contributed by atoms with Crippen molar-refractivity contribution in [3.63, 3.8) is 0 Å². The molecular weight excluding hydrogens is 362 g/mol. The van der Waals surface area contributed by atoms with Crippen molar-refractivity contribution in [1.29, 1.82) is 0 Å². The summed E-state index contributed by atoms with van der Waals surface area (Å²) in [5, 5.41) is 10.8. The lowest BCUT2D eigenvalue weighted by molar-refractivity contribution is -0.899. The first-order valence-electron chi connectivity index (χ1n) is 9.99. The van der Waals surface area contributed by atoms with Gasteiger partial charge in [0, 0.05) is 24.4 Å². The van der Waals surface area contributed by atoms with Gasteiger partial charge < -0.3 is 14.7 Å². The Kier molecular flexibility index (Phi) is 5.17. The number of non-ortho nitro benzene ring substituents is 1. The Morgan fingerprint density at radius 1 is 1.07 bits per heavy atom. The predicted octanol–water partition coefficient (Wildman–Crippen LogP) is 0.116. The van der Waals surface area contributed by atoms with Crippen LogP contribution in [0.15, 0.2) is 24.3 Å². The maximum Gasteiger partial charge on any atom is 0.327 e. The van der Waals surface area contributed by atoms with Gasteiger partial charge in [0.2, 0.25) is 0 Å². The van der Waals surface area contributed by atoms with E-state index in [1.807, 2.05) is 0 Å². The minimum atomic E-state index is -0.389. The fourth-order valence-electron chi connectivity index (χ4n) is 4.44. The largest absolute Gasteiger partial charge is 0.360 e. The van der Waals surface area contributed by atoms with E-state index in [2.05, 4.69) is 4.90 Å². The molecule has 9 nitrogen and oxygen atoms in total. The van der Waals surface area contributed by atoms with Gasteiger partial charge in [0.1, 0.15) is 6.04 Å². The van der Waals surface area contributed by atoms with Gasteiger partial charge in [-0.3, -0.25) is 19.8 Å². The molecule has 3 amide bonds. The van der Waals surface area contributed by atoms with Crippen LogP contribution in [0.3, 0.4) is 0 Å².